The molecule has 0 heterocycles. The minimum Gasteiger partial charge on any atom is -0.355 e. The fourth-order valence-corrected chi connectivity index (χ4v) is 2.31. The summed E-state index contributed by atoms with van der Waals surface area (Å²) in [6.07, 6.45) is 3.86. The SMILES string of the molecule is O=C(NCCCCCl)C1(c2ccccc2)CC1. The highest BCUT2D eigenvalue weighted by molar-refractivity contribution is 6.17. The number of halogens is 1. The molecule has 0 atom stereocenters. The molecular weight excluding hydrogens is 234 g/mol. The Kier molecular flexibility index (Phi) is 4.06. The third-order valence-corrected chi connectivity index (χ3v) is 3.62. The van der Waals surface area contributed by atoms with Crippen molar-refractivity contribution in [1.82, 2.24) is 5.32 Å². The standard InChI is InChI=1S/C14H18ClNO/c15-10-4-5-11-16-13(17)14(8-9-14)12-6-2-1-3-7-12/h1-3,6-7H,4-5,8-11H2,(H,16,17). The number of benzene rings is 1. The van der Waals surface area contributed by atoms with E-state index in [2.05, 4.69) is 5.32 Å². The van der Waals surface area contributed by atoms with Crippen LogP contribution in [-0.2, 0) is 10.2 Å². The number of nitrogens with one attached hydrogen (secondary N) is 1. The van der Waals surface area contributed by atoms with E-state index in [4.69, 9.17) is 11.6 Å². The fourth-order valence-electron chi connectivity index (χ4n) is 2.12. The van der Waals surface area contributed by atoms with Crippen LogP contribution in [0.25, 0.3) is 0 Å². The number of amides is 1. The molecule has 0 aromatic heterocycles. The molecular formula is C14H18ClNO. The van der Waals surface area contributed by atoms with Crippen LogP contribution in [0.5, 0.6) is 0 Å². The maximum absolute atomic E-state index is 12.1. The highest BCUT2D eigenvalue weighted by Crippen LogP contribution is 2.48. The van der Waals surface area contributed by atoms with Crippen molar-refractivity contribution in [2.75, 3.05) is 12.4 Å². The molecule has 1 saturated carbocycles. The molecule has 1 N–H and O–H groups in total. The molecule has 0 spiro atoms. The lowest BCUT2D eigenvalue weighted by Crippen LogP contribution is -2.35. The van der Waals surface area contributed by atoms with Gasteiger partial charge in [-0.2, -0.15) is 0 Å². The molecule has 0 bridgehead atoms. The van der Waals surface area contributed by atoms with E-state index < -0.39 is 0 Å². The van der Waals surface area contributed by atoms with Crippen molar-refractivity contribution in [3.05, 3.63) is 35.9 Å². The van der Waals surface area contributed by atoms with Crippen molar-refractivity contribution in [2.24, 2.45) is 0 Å². The van der Waals surface area contributed by atoms with Crippen LogP contribution < -0.4 is 5.32 Å². The van der Waals surface area contributed by atoms with Crippen molar-refractivity contribution >= 4 is 17.5 Å². The molecule has 1 aliphatic rings. The van der Waals surface area contributed by atoms with Crippen molar-refractivity contribution in [2.45, 2.75) is 31.1 Å². The van der Waals surface area contributed by atoms with E-state index in [9.17, 15) is 4.79 Å². The van der Waals surface area contributed by atoms with Gasteiger partial charge in [0.1, 0.15) is 0 Å². The zero-order chi connectivity index (χ0) is 12.1. The van der Waals surface area contributed by atoms with E-state index in [1.54, 1.807) is 0 Å². The van der Waals surface area contributed by atoms with Gasteiger partial charge in [-0.1, -0.05) is 30.3 Å². The van der Waals surface area contributed by atoms with Crippen LogP contribution in [0.1, 0.15) is 31.2 Å². The second-order valence-electron chi connectivity index (χ2n) is 4.60. The third kappa shape index (κ3) is 2.81. The van der Waals surface area contributed by atoms with Gasteiger partial charge in [0, 0.05) is 12.4 Å². The van der Waals surface area contributed by atoms with Crippen molar-refractivity contribution in [3.63, 3.8) is 0 Å². The molecule has 0 unspecified atom stereocenters. The Balaban J connectivity index is 1.91. The number of hydrogen-bond acceptors (Lipinski definition) is 1. The highest BCUT2D eigenvalue weighted by atomic mass is 35.5. The predicted octanol–water partition coefficient (Wildman–Crippen LogP) is 2.85. The largest absolute Gasteiger partial charge is 0.355 e. The van der Waals surface area contributed by atoms with Crippen LogP contribution in [0.2, 0.25) is 0 Å². The van der Waals surface area contributed by atoms with E-state index in [1.165, 1.54) is 0 Å². The summed E-state index contributed by atoms with van der Waals surface area (Å²) in [7, 11) is 0. The molecule has 17 heavy (non-hydrogen) atoms. The van der Waals surface area contributed by atoms with Crippen LogP contribution in [0.3, 0.4) is 0 Å². The maximum atomic E-state index is 12.1. The van der Waals surface area contributed by atoms with Gasteiger partial charge in [0.25, 0.3) is 0 Å². The van der Waals surface area contributed by atoms with Gasteiger partial charge in [-0.15, -0.1) is 11.6 Å². The van der Waals surface area contributed by atoms with Crippen molar-refractivity contribution in [1.29, 1.82) is 0 Å². The lowest BCUT2D eigenvalue weighted by molar-refractivity contribution is -0.123. The summed E-state index contributed by atoms with van der Waals surface area (Å²) < 4.78 is 0. The summed E-state index contributed by atoms with van der Waals surface area (Å²) in [4.78, 5) is 12.1. The number of alkyl halides is 1. The summed E-state index contributed by atoms with van der Waals surface area (Å²) in [6.45, 7) is 0.736. The second-order valence-corrected chi connectivity index (χ2v) is 4.98. The number of rotatable bonds is 6. The molecule has 2 nitrogen and oxygen atoms in total. The van der Waals surface area contributed by atoms with Crippen LogP contribution in [-0.4, -0.2) is 18.3 Å². The van der Waals surface area contributed by atoms with Crippen molar-refractivity contribution < 1.29 is 4.79 Å². The van der Waals surface area contributed by atoms with Gasteiger partial charge in [-0.25, -0.2) is 0 Å². The van der Waals surface area contributed by atoms with Gasteiger partial charge >= 0.3 is 0 Å². The van der Waals surface area contributed by atoms with Crippen molar-refractivity contribution in [3.8, 4) is 0 Å². The summed E-state index contributed by atoms with van der Waals surface area (Å²) in [5, 5.41) is 3.02. The van der Waals surface area contributed by atoms with Gasteiger partial charge in [0.05, 0.1) is 5.41 Å². The Morgan fingerprint density at radius 1 is 1.24 bits per heavy atom. The van der Waals surface area contributed by atoms with Gasteiger partial charge in [0.15, 0.2) is 0 Å². The van der Waals surface area contributed by atoms with Crippen LogP contribution in [0.4, 0.5) is 0 Å². The zero-order valence-corrected chi connectivity index (χ0v) is 10.7. The number of unbranched alkanes of at least 4 members (excludes halogenated alkanes) is 1. The quantitative estimate of drug-likeness (QED) is 0.611. The molecule has 1 amide bonds. The summed E-state index contributed by atoms with van der Waals surface area (Å²) in [5.74, 6) is 0.845. The zero-order valence-electron chi connectivity index (χ0n) is 9.92. The minimum atomic E-state index is -0.234. The second kappa shape index (κ2) is 5.54. The number of hydrogen-bond donors (Lipinski definition) is 1. The van der Waals surface area contributed by atoms with Gasteiger partial charge in [0.2, 0.25) is 5.91 Å². The maximum Gasteiger partial charge on any atom is 0.230 e. The van der Waals surface area contributed by atoms with E-state index in [0.717, 1.165) is 37.8 Å². The van der Waals surface area contributed by atoms with Crippen LogP contribution >= 0.6 is 11.6 Å². The first-order valence-electron chi connectivity index (χ1n) is 6.19. The van der Waals surface area contributed by atoms with E-state index in [0.29, 0.717) is 5.88 Å². The average Bonchev–Trinajstić information content (AvgIpc) is 3.17. The normalized spacial score (nSPS) is 16.5. The highest BCUT2D eigenvalue weighted by Gasteiger charge is 2.50. The number of carbonyl (C=O) groups excluding carboxylic acids is 1. The van der Waals surface area contributed by atoms with E-state index in [1.807, 2.05) is 30.3 Å². The first-order valence-corrected chi connectivity index (χ1v) is 6.73. The molecule has 0 saturated heterocycles. The molecule has 0 aliphatic heterocycles. The van der Waals surface area contributed by atoms with Gasteiger partial charge in [-0.05, 0) is 31.2 Å². The molecule has 0 radical (unpaired) electrons. The summed E-state index contributed by atoms with van der Waals surface area (Å²) in [5.41, 5.74) is 0.914. The fraction of sp³-hybridized carbons (Fsp3) is 0.500. The molecule has 2 rings (SSSR count). The third-order valence-electron chi connectivity index (χ3n) is 3.36. The molecule has 92 valence electrons. The molecule has 1 aliphatic carbocycles. The molecule has 3 heteroatoms. The first-order chi connectivity index (χ1) is 8.29. The first kappa shape index (κ1) is 12.4. The number of carbonyl (C=O) groups is 1. The Hall–Kier alpha value is -1.02. The topological polar surface area (TPSA) is 29.1 Å². The Morgan fingerprint density at radius 3 is 2.53 bits per heavy atom. The minimum absolute atomic E-state index is 0.179. The monoisotopic (exact) mass is 251 g/mol. The molecule has 1 aromatic rings. The smallest absolute Gasteiger partial charge is 0.230 e. The van der Waals surface area contributed by atoms with Gasteiger partial charge in [-0.3, -0.25) is 4.79 Å². The molecule has 1 fully saturated rings. The summed E-state index contributed by atoms with van der Waals surface area (Å²) >= 11 is 5.60. The molecule has 1 aromatic carbocycles. The summed E-state index contributed by atoms with van der Waals surface area (Å²) in [6, 6.07) is 10.1. The Morgan fingerprint density at radius 2 is 1.94 bits per heavy atom. The average molecular weight is 252 g/mol. The Labute approximate surface area is 107 Å². The van der Waals surface area contributed by atoms with Crippen LogP contribution in [0, 0.1) is 0 Å². The predicted molar refractivity (Wildman–Crippen MR) is 70.3 cm³/mol. The van der Waals surface area contributed by atoms with E-state index >= 15 is 0 Å². The lowest BCUT2D eigenvalue weighted by atomic mass is 9.95. The van der Waals surface area contributed by atoms with Crippen LogP contribution in [0.15, 0.2) is 30.3 Å². The van der Waals surface area contributed by atoms with Gasteiger partial charge < -0.3 is 5.32 Å². The lowest BCUT2D eigenvalue weighted by Gasteiger charge is -2.15. The van der Waals surface area contributed by atoms with E-state index in [-0.39, 0.29) is 11.3 Å². The Bertz CT molecular complexity index is 373.